The number of halogens is 1. The largest absolute Gasteiger partial charge is 1.00 e. The van der Waals surface area contributed by atoms with Gasteiger partial charge < -0.3 is 28.5 Å². The monoisotopic (exact) mass is 390 g/mol. The average Bonchev–Trinajstić information content (AvgIpc) is 2.78. The maximum Gasteiger partial charge on any atom is 0.205 e. The van der Waals surface area contributed by atoms with Crippen LogP contribution < -0.4 is 28.5 Å². The molecule has 1 aromatic carbocycles. The minimum absolute atomic E-state index is 0. The van der Waals surface area contributed by atoms with E-state index in [0.29, 0.717) is 0 Å². The molecule has 0 aliphatic heterocycles. The lowest BCUT2D eigenvalue weighted by Crippen LogP contribution is -3.00. The van der Waals surface area contributed by atoms with Crippen molar-refractivity contribution in [3.8, 4) is 0 Å². The molecule has 0 saturated carbocycles. The lowest BCUT2D eigenvalue weighted by molar-refractivity contribution is -0.679. The van der Waals surface area contributed by atoms with Gasteiger partial charge >= 0.3 is 0 Å². The molecule has 0 spiro atoms. The van der Waals surface area contributed by atoms with E-state index in [1.807, 2.05) is 0 Å². The van der Waals surface area contributed by atoms with E-state index in [9.17, 15) is 0 Å². The zero-order chi connectivity index (χ0) is 14.1. The number of fused-ring (bicyclic) bond motifs is 1. The number of hydrogen-bond acceptors (Lipinski definition) is 0. The van der Waals surface area contributed by atoms with Gasteiger partial charge in [0, 0.05) is 54.8 Å². The van der Waals surface area contributed by atoms with E-state index in [1.54, 1.807) is 0 Å². The molecule has 3 rings (SSSR count). The van der Waals surface area contributed by atoms with Crippen molar-refractivity contribution in [3.05, 3.63) is 65.6 Å². The van der Waals surface area contributed by atoms with Crippen LogP contribution in [0, 0.1) is 6.92 Å². The van der Waals surface area contributed by atoms with Crippen molar-refractivity contribution in [2.24, 2.45) is 14.1 Å². The van der Waals surface area contributed by atoms with E-state index in [1.165, 1.54) is 27.9 Å². The van der Waals surface area contributed by atoms with Gasteiger partial charge in [0.15, 0.2) is 5.69 Å². The summed E-state index contributed by atoms with van der Waals surface area (Å²) in [5.41, 5.74) is 4.98. The second-order valence-corrected chi connectivity index (χ2v) is 5.20. The van der Waals surface area contributed by atoms with Crippen LogP contribution in [-0.2, 0) is 14.1 Å². The predicted octanol–water partition coefficient (Wildman–Crippen LogP) is 0.486. The molecule has 0 saturated heterocycles. The molecule has 0 N–H and O–H groups in total. The third-order valence-corrected chi connectivity index (χ3v) is 3.88. The van der Waals surface area contributed by atoms with Crippen LogP contribution in [0.25, 0.3) is 23.1 Å². The molecule has 0 unspecified atom stereocenters. The van der Waals surface area contributed by atoms with Crippen molar-refractivity contribution < 1.29 is 28.5 Å². The third kappa shape index (κ3) is 3.02. The first kappa shape index (κ1) is 15.8. The van der Waals surface area contributed by atoms with E-state index in [0.717, 1.165) is 0 Å². The fourth-order valence-electron chi connectivity index (χ4n) is 2.56. The minimum atomic E-state index is 0. The first-order valence-electron chi connectivity index (χ1n) is 6.84. The van der Waals surface area contributed by atoms with Crippen molar-refractivity contribution in [1.29, 1.82) is 0 Å². The Morgan fingerprint density at radius 2 is 1.76 bits per heavy atom. The summed E-state index contributed by atoms with van der Waals surface area (Å²) >= 11 is 0. The summed E-state index contributed by atoms with van der Waals surface area (Å²) in [6.07, 6.45) is 6.54. The smallest absolute Gasteiger partial charge is 0.205 e. The Morgan fingerprint density at radius 3 is 2.57 bits per heavy atom. The fourth-order valence-corrected chi connectivity index (χ4v) is 2.56. The van der Waals surface area contributed by atoms with Crippen molar-refractivity contribution in [1.82, 2.24) is 4.57 Å². The van der Waals surface area contributed by atoms with Crippen molar-refractivity contribution in [2.45, 2.75) is 6.92 Å². The molecule has 0 atom stereocenters. The molecule has 2 nitrogen and oxygen atoms in total. The highest BCUT2D eigenvalue weighted by atomic mass is 127. The van der Waals surface area contributed by atoms with Crippen molar-refractivity contribution >= 4 is 23.1 Å². The van der Waals surface area contributed by atoms with Crippen LogP contribution in [0.1, 0.15) is 17.0 Å². The van der Waals surface area contributed by atoms with Gasteiger partial charge in [-0.3, -0.25) is 0 Å². The summed E-state index contributed by atoms with van der Waals surface area (Å²) in [7, 11) is 4.18. The summed E-state index contributed by atoms with van der Waals surface area (Å²) in [6, 6.07) is 14.8. The van der Waals surface area contributed by atoms with Crippen LogP contribution in [0.4, 0.5) is 0 Å². The molecule has 0 aliphatic rings. The number of pyridine rings is 1. The Hall–Kier alpha value is -1.62. The van der Waals surface area contributed by atoms with E-state index < -0.39 is 0 Å². The van der Waals surface area contributed by atoms with Gasteiger partial charge in [-0.1, -0.05) is 18.2 Å². The quantitative estimate of drug-likeness (QED) is 0.445. The SMILES string of the molecule is Cc1cccc(C=Cc2cn(C)c3ccccc23)[n+]1C.[I-]. The first-order chi connectivity index (χ1) is 9.66. The Kier molecular flexibility index (Phi) is 4.83. The number of nitrogens with zero attached hydrogens (tertiary/aromatic N) is 2. The zero-order valence-corrected chi connectivity index (χ0v) is 14.7. The zero-order valence-electron chi connectivity index (χ0n) is 12.5. The molecule has 3 aromatic rings. The van der Waals surface area contributed by atoms with Crippen LogP contribution in [0.15, 0.2) is 48.7 Å². The second-order valence-electron chi connectivity index (χ2n) is 5.20. The van der Waals surface area contributed by atoms with Gasteiger partial charge in [-0.2, -0.15) is 4.57 Å². The Bertz CT molecular complexity index is 800. The molecular weight excluding hydrogens is 371 g/mol. The van der Waals surface area contributed by atoms with Crippen LogP contribution in [0.3, 0.4) is 0 Å². The molecule has 0 amide bonds. The Labute approximate surface area is 142 Å². The molecule has 2 aromatic heterocycles. The molecule has 0 radical (unpaired) electrons. The van der Waals surface area contributed by atoms with Crippen LogP contribution >= 0.6 is 0 Å². The highest BCUT2D eigenvalue weighted by molar-refractivity contribution is 5.91. The summed E-state index contributed by atoms with van der Waals surface area (Å²) < 4.78 is 4.37. The second kappa shape index (κ2) is 6.43. The molecule has 108 valence electrons. The summed E-state index contributed by atoms with van der Waals surface area (Å²) in [6.45, 7) is 2.12. The van der Waals surface area contributed by atoms with E-state index >= 15 is 0 Å². The van der Waals surface area contributed by atoms with Gasteiger partial charge in [-0.05, 0) is 18.2 Å². The average molecular weight is 390 g/mol. The molecular formula is C18H19IN2. The van der Waals surface area contributed by atoms with Gasteiger partial charge in [0.2, 0.25) is 5.69 Å². The number of aromatic nitrogens is 2. The van der Waals surface area contributed by atoms with E-state index in [2.05, 4.69) is 91.0 Å². The molecule has 2 heterocycles. The van der Waals surface area contributed by atoms with E-state index in [4.69, 9.17) is 0 Å². The molecule has 0 fully saturated rings. The molecule has 3 heteroatoms. The Balaban J connectivity index is 0.00000161. The van der Waals surface area contributed by atoms with Crippen molar-refractivity contribution in [3.63, 3.8) is 0 Å². The van der Waals surface area contributed by atoms with Gasteiger partial charge in [0.25, 0.3) is 0 Å². The minimum Gasteiger partial charge on any atom is -1.00 e. The summed E-state index contributed by atoms with van der Waals surface area (Å²) in [5, 5.41) is 1.29. The lowest BCUT2D eigenvalue weighted by atomic mass is 10.1. The van der Waals surface area contributed by atoms with Gasteiger partial charge in [0.1, 0.15) is 7.05 Å². The van der Waals surface area contributed by atoms with Gasteiger partial charge in [0.05, 0.1) is 0 Å². The number of hydrogen-bond donors (Lipinski definition) is 0. The van der Waals surface area contributed by atoms with Crippen molar-refractivity contribution in [2.75, 3.05) is 0 Å². The maximum atomic E-state index is 2.20. The predicted molar refractivity (Wildman–Crippen MR) is 84.2 cm³/mol. The normalized spacial score (nSPS) is 11.0. The summed E-state index contributed by atoms with van der Waals surface area (Å²) in [5.74, 6) is 0. The van der Waals surface area contributed by atoms with Crippen LogP contribution in [0.5, 0.6) is 0 Å². The van der Waals surface area contributed by atoms with Gasteiger partial charge in [-0.15, -0.1) is 0 Å². The van der Waals surface area contributed by atoms with Crippen LogP contribution in [-0.4, -0.2) is 4.57 Å². The molecule has 0 bridgehead atoms. The highest BCUT2D eigenvalue weighted by Gasteiger charge is 2.06. The molecule has 0 aliphatic carbocycles. The highest BCUT2D eigenvalue weighted by Crippen LogP contribution is 2.21. The first-order valence-corrected chi connectivity index (χ1v) is 6.84. The maximum absolute atomic E-state index is 2.20. The lowest BCUT2D eigenvalue weighted by Gasteiger charge is -1.97. The van der Waals surface area contributed by atoms with Crippen LogP contribution in [0.2, 0.25) is 0 Å². The number of aryl methyl sites for hydroxylation is 2. The third-order valence-electron chi connectivity index (χ3n) is 3.88. The fraction of sp³-hybridized carbons (Fsp3) is 0.167. The number of rotatable bonds is 2. The van der Waals surface area contributed by atoms with E-state index in [-0.39, 0.29) is 24.0 Å². The topological polar surface area (TPSA) is 8.81 Å². The number of para-hydroxylation sites is 1. The summed E-state index contributed by atoms with van der Waals surface area (Å²) in [4.78, 5) is 0. The Morgan fingerprint density at radius 1 is 1.00 bits per heavy atom. The number of benzene rings is 1. The molecule has 21 heavy (non-hydrogen) atoms. The standard InChI is InChI=1S/C18H19N2.HI/c1-14-7-6-8-16(20(14)3)12-11-15-13-19(2)18-10-5-4-9-17(15)18;/h4-13H,1-3H3;1H/q+1;/p-1. The van der Waals surface area contributed by atoms with Gasteiger partial charge in [-0.25, -0.2) is 0 Å².